The SMILES string of the molecule is COC(=O)/C=C1\SC(=Nc2ccc(F)c(Cl)c2)N(Cc2ccc(OC)cc2)C1=O. The minimum atomic E-state index is -0.642. The van der Waals surface area contributed by atoms with Crippen molar-refractivity contribution in [3.63, 3.8) is 0 Å². The molecule has 9 heteroatoms. The molecular formula is C20H16ClFN2O4S. The molecule has 0 bridgehead atoms. The zero-order valence-corrected chi connectivity index (χ0v) is 17.1. The van der Waals surface area contributed by atoms with E-state index in [0.717, 1.165) is 23.4 Å². The highest BCUT2D eigenvalue weighted by atomic mass is 35.5. The summed E-state index contributed by atoms with van der Waals surface area (Å²) in [6.45, 7) is 0.224. The molecule has 0 aliphatic carbocycles. The summed E-state index contributed by atoms with van der Waals surface area (Å²) < 4.78 is 23.2. The van der Waals surface area contributed by atoms with Crippen molar-refractivity contribution in [3.05, 3.63) is 69.8 Å². The molecule has 1 amide bonds. The van der Waals surface area contributed by atoms with Crippen LogP contribution in [-0.4, -0.2) is 36.2 Å². The maximum absolute atomic E-state index is 13.4. The van der Waals surface area contributed by atoms with Crippen LogP contribution < -0.4 is 4.74 Å². The number of nitrogens with zero attached hydrogens (tertiary/aromatic N) is 2. The van der Waals surface area contributed by atoms with Crippen molar-refractivity contribution in [1.29, 1.82) is 0 Å². The Morgan fingerprint density at radius 2 is 1.97 bits per heavy atom. The molecular weight excluding hydrogens is 419 g/mol. The van der Waals surface area contributed by atoms with Gasteiger partial charge in [-0.2, -0.15) is 0 Å². The number of amides is 1. The number of carbonyl (C=O) groups excluding carboxylic acids is 2. The molecule has 1 aliphatic heterocycles. The smallest absolute Gasteiger partial charge is 0.331 e. The Kier molecular flexibility index (Phi) is 6.56. The highest BCUT2D eigenvalue weighted by Gasteiger charge is 2.34. The number of benzene rings is 2. The summed E-state index contributed by atoms with van der Waals surface area (Å²) in [4.78, 5) is 30.5. The van der Waals surface area contributed by atoms with Crippen molar-refractivity contribution in [1.82, 2.24) is 4.90 Å². The van der Waals surface area contributed by atoms with Crippen molar-refractivity contribution >= 4 is 46.1 Å². The van der Waals surface area contributed by atoms with Crippen LogP contribution >= 0.6 is 23.4 Å². The summed E-state index contributed by atoms with van der Waals surface area (Å²) in [5.41, 5.74) is 1.22. The third-order valence-corrected chi connectivity index (χ3v) is 5.26. The third-order valence-electron chi connectivity index (χ3n) is 3.97. The number of rotatable bonds is 5. The molecule has 150 valence electrons. The predicted molar refractivity (Wildman–Crippen MR) is 110 cm³/mol. The fraction of sp³-hybridized carbons (Fsp3) is 0.150. The zero-order chi connectivity index (χ0) is 21.0. The molecule has 3 rings (SSSR count). The first kappa shape index (κ1) is 20.9. The molecule has 1 fully saturated rings. The summed E-state index contributed by atoms with van der Waals surface area (Å²) in [6, 6.07) is 11.2. The molecule has 0 saturated carbocycles. The van der Waals surface area contributed by atoms with Gasteiger partial charge >= 0.3 is 5.97 Å². The second-order valence-corrected chi connectivity index (χ2v) is 7.28. The number of carbonyl (C=O) groups is 2. The number of ether oxygens (including phenoxy) is 2. The lowest BCUT2D eigenvalue weighted by Crippen LogP contribution is -2.28. The highest BCUT2D eigenvalue weighted by Crippen LogP contribution is 2.34. The maximum Gasteiger partial charge on any atom is 0.331 e. The van der Waals surface area contributed by atoms with Gasteiger partial charge in [0.05, 0.1) is 36.4 Å². The molecule has 0 unspecified atom stereocenters. The van der Waals surface area contributed by atoms with E-state index in [0.29, 0.717) is 16.6 Å². The monoisotopic (exact) mass is 434 g/mol. The Morgan fingerprint density at radius 1 is 1.24 bits per heavy atom. The van der Waals surface area contributed by atoms with Gasteiger partial charge < -0.3 is 9.47 Å². The number of thioether (sulfide) groups is 1. The van der Waals surface area contributed by atoms with Gasteiger partial charge in [-0.05, 0) is 47.7 Å². The molecule has 0 radical (unpaired) electrons. The van der Waals surface area contributed by atoms with Gasteiger partial charge in [0.25, 0.3) is 5.91 Å². The Bertz CT molecular complexity index is 1010. The maximum atomic E-state index is 13.4. The van der Waals surface area contributed by atoms with Crippen LogP contribution in [0.5, 0.6) is 5.75 Å². The standard InChI is InChI=1S/C20H16ClFN2O4S/c1-27-14-6-3-12(4-7-14)11-24-19(26)17(10-18(25)28-2)29-20(24)23-13-5-8-16(22)15(21)9-13/h3-10H,11H2,1-2H3/b17-10-,23-20?. The molecule has 1 saturated heterocycles. The Hall–Kier alpha value is -2.84. The number of methoxy groups -OCH3 is 2. The van der Waals surface area contributed by atoms with E-state index in [-0.39, 0.29) is 22.4 Å². The fourth-order valence-corrected chi connectivity index (χ4v) is 3.61. The highest BCUT2D eigenvalue weighted by molar-refractivity contribution is 8.18. The Balaban J connectivity index is 1.96. The summed E-state index contributed by atoms with van der Waals surface area (Å²) in [6.07, 6.45) is 1.12. The number of halogens is 2. The van der Waals surface area contributed by atoms with E-state index >= 15 is 0 Å². The van der Waals surface area contributed by atoms with Crippen molar-refractivity contribution in [2.24, 2.45) is 4.99 Å². The molecule has 0 aromatic heterocycles. The summed E-state index contributed by atoms with van der Waals surface area (Å²) in [5, 5.41) is 0.261. The van der Waals surface area contributed by atoms with E-state index in [9.17, 15) is 14.0 Å². The van der Waals surface area contributed by atoms with Crippen LogP contribution in [0.3, 0.4) is 0 Å². The fourth-order valence-electron chi connectivity index (χ4n) is 2.48. The average molecular weight is 435 g/mol. The molecule has 0 N–H and O–H groups in total. The lowest BCUT2D eigenvalue weighted by molar-refractivity contribution is -0.135. The van der Waals surface area contributed by atoms with Crippen LogP contribution in [0.15, 0.2) is 58.4 Å². The van der Waals surface area contributed by atoms with E-state index in [1.165, 1.54) is 30.2 Å². The van der Waals surface area contributed by atoms with Gasteiger partial charge in [0, 0.05) is 6.08 Å². The van der Waals surface area contributed by atoms with E-state index in [1.807, 2.05) is 12.1 Å². The Morgan fingerprint density at radius 3 is 2.59 bits per heavy atom. The van der Waals surface area contributed by atoms with Crippen molar-refractivity contribution in [3.8, 4) is 5.75 Å². The first-order chi connectivity index (χ1) is 13.9. The molecule has 6 nitrogen and oxygen atoms in total. The second kappa shape index (κ2) is 9.11. The number of aliphatic imine (C=N–C) groups is 1. The van der Waals surface area contributed by atoms with Crippen LogP contribution in [0, 0.1) is 5.82 Å². The van der Waals surface area contributed by atoms with Gasteiger partial charge in [-0.25, -0.2) is 14.2 Å². The minimum absolute atomic E-state index is 0.0757. The van der Waals surface area contributed by atoms with Crippen LogP contribution in [0.4, 0.5) is 10.1 Å². The molecule has 2 aromatic carbocycles. The second-order valence-electron chi connectivity index (χ2n) is 5.87. The van der Waals surface area contributed by atoms with Crippen molar-refractivity contribution in [2.45, 2.75) is 6.54 Å². The molecule has 2 aromatic rings. The number of hydrogen-bond acceptors (Lipinski definition) is 6. The number of hydrogen-bond donors (Lipinski definition) is 0. The van der Waals surface area contributed by atoms with Crippen molar-refractivity contribution in [2.75, 3.05) is 14.2 Å². The normalized spacial score (nSPS) is 16.6. The van der Waals surface area contributed by atoms with E-state index in [4.69, 9.17) is 16.3 Å². The van der Waals surface area contributed by atoms with Crippen LogP contribution in [-0.2, 0) is 20.9 Å². The predicted octanol–water partition coefficient (Wildman–Crippen LogP) is 4.31. The van der Waals surface area contributed by atoms with E-state index in [1.54, 1.807) is 19.2 Å². The largest absolute Gasteiger partial charge is 0.497 e. The Labute approximate surface area is 176 Å². The first-order valence-corrected chi connectivity index (χ1v) is 9.56. The molecule has 1 aliphatic rings. The average Bonchev–Trinajstić information content (AvgIpc) is 3.00. The van der Waals surface area contributed by atoms with Gasteiger partial charge in [0.1, 0.15) is 11.6 Å². The van der Waals surface area contributed by atoms with Crippen molar-refractivity contribution < 1.29 is 23.5 Å². The minimum Gasteiger partial charge on any atom is -0.497 e. The molecule has 0 atom stereocenters. The van der Waals surface area contributed by atoms with Gasteiger partial charge in [-0.3, -0.25) is 9.69 Å². The van der Waals surface area contributed by atoms with E-state index < -0.39 is 11.8 Å². The lowest BCUT2D eigenvalue weighted by atomic mass is 10.2. The summed E-state index contributed by atoms with van der Waals surface area (Å²) in [5.74, 6) is -0.899. The van der Waals surface area contributed by atoms with E-state index in [2.05, 4.69) is 9.73 Å². The van der Waals surface area contributed by atoms with Crippen LogP contribution in [0.1, 0.15) is 5.56 Å². The number of amidine groups is 1. The third kappa shape index (κ3) is 4.96. The van der Waals surface area contributed by atoms with Gasteiger partial charge in [0.15, 0.2) is 5.17 Å². The molecule has 29 heavy (non-hydrogen) atoms. The summed E-state index contributed by atoms with van der Waals surface area (Å²) >= 11 is 6.85. The van der Waals surface area contributed by atoms with Gasteiger partial charge in [-0.1, -0.05) is 23.7 Å². The number of esters is 1. The zero-order valence-electron chi connectivity index (χ0n) is 15.5. The first-order valence-electron chi connectivity index (χ1n) is 8.37. The molecule has 1 heterocycles. The van der Waals surface area contributed by atoms with Gasteiger partial charge in [0.2, 0.25) is 0 Å². The summed E-state index contributed by atoms with van der Waals surface area (Å²) in [7, 11) is 2.80. The van der Waals surface area contributed by atoms with Gasteiger partial charge in [-0.15, -0.1) is 0 Å². The lowest BCUT2D eigenvalue weighted by Gasteiger charge is -2.16. The molecule has 0 spiro atoms. The quantitative estimate of drug-likeness (QED) is 0.518. The topological polar surface area (TPSA) is 68.2 Å². The van der Waals surface area contributed by atoms with Crippen LogP contribution in [0.25, 0.3) is 0 Å². The van der Waals surface area contributed by atoms with Crippen LogP contribution in [0.2, 0.25) is 5.02 Å².